The van der Waals surface area contributed by atoms with Crippen LogP contribution >= 0.6 is 11.3 Å². The fraction of sp³-hybridized carbons (Fsp3) is 0.450. The standard InChI is InChI=1S/C20H22FNO4S2/c1-12-8-13(2-5-17(12)21)9-18(23)16-10-19(27-20(16)14-3-4-14)28(24,25)22-15-6-7-26-11-15/h2,5,8,10,14-15,22H,3-4,6-7,9,11H2,1H3/t15-/m0/s1. The number of halogens is 1. The van der Waals surface area contributed by atoms with Crippen LogP contribution in [0.25, 0.3) is 0 Å². The maximum atomic E-state index is 13.5. The van der Waals surface area contributed by atoms with Crippen molar-refractivity contribution in [2.45, 2.75) is 48.8 Å². The maximum absolute atomic E-state index is 13.5. The van der Waals surface area contributed by atoms with Gasteiger partial charge in [-0.2, -0.15) is 0 Å². The van der Waals surface area contributed by atoms with Crippen LogP contribution in [0.15, 0.2) is 28.5 Å². The van der Waals surface area contributed by atoms with Crippen LogP contribution in [0.5, 0.6) is 0 Å². The van der Waals surface area contributed by atoms with Crippen molar-refractivity contribution in [1.82, 2.24) is 4.72 Å². The van der Waals surface area contributed by atoms with Gasteiger partial charge in [-0.25, -0.2) is 17.5 Å². The number of carbonyl (C=O) groups is 1. The minimum atomic E-state index is -3.68. The lowest BCUT2D eigenvalue weighted by molar-refractivity contribution is 0.0992. The molecule has 1 saturated carbocycles. The molecule has 4 rings (SSSR count). The van der Waals surface area contributed by atoms with Gasteiger partial charge in [0.2, 0.25) is 10.0 Å². The molecule has 1 aromatic carbocycles. The van der Waals surface area contributed by atoms with Gasteiger partial charge in [-0.1, -0.05) is 12.1 Å². The van der Waals surface area contributed by atoms with Crippen LogP contribution in [0.1, 0.15) is 51.5 Å². The van der Waals surface area contributed by atoms with E-state index in [2.05, 4.69) is 4.72 Å². The smallest absolute Gasteiger partial charge is 0.250 e. The Morgan fingerprint density at radius 3 is 2.71 bits per heavy atom. The van der Waals surface area contributed by atoms with Crippen LogP contribution in [0.2, 0.25) is 0 Å². The Bertz CT molecular complexity index is 1010. The molecule has 8 heteroatoms. The van der Waals surface area contributed by atoms with Gasteiger partial charge in [0.15, 0.2) is 5.78 Å². The molecule has 2 heterocycles. The first-order valence-electron chi connectivity index (χ1n) is 9.35. The summed E-state index contributed by atoms with van der Waals surface area (Å²) in [7, 11) is -3.68. The van der Waals surface area contributed by atoms with Gasteiger partial charge in [0.1, 0.15) is 10.0 Å². The van der Waals surface area contributed by atoms with Crippen LogP contribution in [-0.4, -0.2) is 33.5 Å². The van der Waals surface area contributed by atoms with Crippen LogP contribution in [-0.2, 0) is 21.2 Å². The van der Waals surface area contributed by atoms with Crippen molar-refractivity contribution in [2.24, 2.45) is 0 Å². The zero-order valence-corrected chi connectivity index (χ0v) is 17.2. The molecule has 150 valence electrons. The summed E-state index contributed by atoms with van der Waals surface area (Å²) in [6, 6.07) is 5.91. The number of aryl methyl sites for hydroxylation is 1. The first-order chi connectivity index (χ1) is 13.3. The Hall–Kier alpha value is -1.61. The first kappa shape index (κ1) is 19.7. The van der Waals surface area contributed by atoms with Gasteiger partial charge in [-0.05, 0) is 55.4 Å². The van der Waals surface area contributed by atoms with Gasteiger partial charge >= 0.3 is 0 Å². The molecule has 0 radical (unpaired) electrons. The van der Waals surface area contributed by atoms with E-state index in [0.29, 0.717) is 30.8 Å². The van der Waals surface area contributed by atoms with Crippen molar-refractivity contribution in [3.05, 3.63) is 51.7 Å². The lowest BCUT2D eigenvalue weighted by Gasteiger charge is -2.09. The Balaban J connectivity index is 1.59. The minimum Gasteiger partial charge on any atom is -0.380 e. The Kier molecular flexibility index (Phi) is 5.39. The molecule has 2 aromatic rings. The molecular formula is C20H22FNO4S2. The van der Waals surface area contributed by atoms with Crippen LogP contribution in [0, 0.1) is 12.7 Å². The van der Waals surface area contributed by atoms with Gasteiger partial charge < -0.3 is 4.74 Å². The number of ether oxygens (including phenoxy) is 1. The second-order valence-corrected chi connectivity index (χ2v) is 10.5. The molecule has 0 amide bonds. The zero-order chi connectivity index (χ0) is 19.9. The number of ketones is 1. The van der Waals surface area contributed by atoms with E-state index in [4.69, 9.17) is 4.74 Å². The first-order valence-corrected chi connectivity index (χ1v) is 11.7. The van der Waals surface area contributed by atoms with E-state index in [-0.39, 0.29) is 34.2 Å². The quantitative estimate of drug-likeness (QED) is 0.691. The lowest BCUT2D eigenvalue weighted by atomic mass is 10.0. The number of hydrogen-bond acceptors (Lipinski definition) is 5. The van der Waals surface area contributed by atoms with E-state index in [1.54, 1.807) is 19.1 Å². The van der Waals surface area contributed by atoms with E-state index in [1.165, 1.54) is 23.5 Å². The summed E-state index contributed by atoms with van der Waals surface area (Å²) in [4.78, 5) is 13.8. The molecule has 28 heavy (non-hydrogen) atoms. The fourth-order valence-corrected chi connectivity index (χ4v) is 6.33. The molecule has 2 fully saturated rings. The average Bonchev–Trinajstić information content (AvgIpc) is 3.16. The molecule has 0 spiro atoms. The van der Waals surface area contributed by atoms with E-state index < -0.39 is 10.0 Å². The van der Waals surface area contributed by atoms with Crippen LogP contribution in [0.4, 0.5) is 4.39 Å². The van der Waals surface area contributed by atoms with E-state index in [0.717, 1.165) is 23.3 Å². The van der Waals surface area contributed by atoms with Gasteiger partial charge in [-0.3, -0.25) is 4.79 Å². The van der Waals surface area contributed by atoms with Crippen molar-refractivity contribution in [2.75, 3.05) is 13.2 Å². The predicted octanol–water partition coefficient (Wildman–Crippen LogP) is 3.57. The number of thiophene rings is 1. The zero-order valence-electron chi connectivity index (χ0n) is 15.5. The summed E-state index contributed by atoms with van der Waals surface area (Å²) in [5, 5.41) is 0. The SMILES string of the molecule is Cc1cc(CC(=O)c2cc(S(=O)(=O)N[C@H]3CCOC3)sc2C2CC2)ccc1F. The molecule has 1 saturated heterocycles. The predicted molar refractivity (Wildman–Crippen MR) is 105 cm³/mol. The highest BCUT2D eigenvalue weighted by Gasteiger charge is 2.34. The van der Waals surface area contributed by atoms with Gasteiger partial charge in [0.25, 0.3) is 0 Å². The summed E-state index contributed by atoms with van der Waals surface area (Å²) in [5.74, 6) is -0.173. The van der Waals surface area contributed by atoms with Crippen molar-refractivity contribution in [3.63, 3.8) is 0 Å². The molecule has 5 nitrogen and oxygen atoms in total. The number of benzene rings is 1. The largest absolute Gasteiger partial charge is 0.380 e. The van der Waals surface area contributed by atoms with Gasteiger partial charge in [0, 0.05) is 29.5 Å². The lowest BCUT2D eigenvalue weighted by Crippen LogP contribution is -2.34. The molecular weight excluding hydrogens is 401 g/mol. The topological polar surface area (TPSA) is 72.5 Å². The highest BCUT2D eigenvalue weighted by molar-refractivity contribution is 7.91. The Labute approximate surface area is 168 Å². The number of rotatable bonds is 7. The third kappa shape index (κ3) is 4.20. The second-order valence-electron chi connectivity index (χ2n) is 7.48. The highest BCUT2D eigenvalue weighted by atomic mass is 32.2. The summed E-state index contributed by atoms with van der Waals surface area (Å²) in [5.41, 5.74) is 1.70. The molecule has 1 aliphatic carbocycles. The third-order valence-corrected chi connectivity index (χ3v) is 8.38. The fourth-order valence-electron chi connectivity index (χ4n) is 3.38. The highest BCUT2D eigenvalue weighted by Crippen LogP contribution is 2.46. The number of Topliss-reactive ketones (excluding diaryl/α,β-unsaturated/α-hetero) is 1. The third-order valence-electron chi connectivity index (χ3n) is 5.09. The van der Waals surface area contributed by atoms with Crippen molar-refractivity contribution >= 4 is 27.1 Å². The molecule has 0 unspecified atom stereocenters. The molecule has 1 aromatic heterocycles. The van der Waals surface area contributed by atoms with Crippen molar-refractivity contribution < 1.29 is 22.3 Å². The average molecular weight is 424 g/mol. The summed E-state index contributed by atoms with van der Waals surface area (Å²) in [6.45, 7) is 2.58. The molecule has 0 bridgehead atoms. The molecule has 1 N–H and O–H groups in total. The van der Waals surface area contributed by atoms with Crippen molar-refractivity contribution in [1.29, 1.82) is 0 Å². The van der Waals surface area contributed by atoms with Crippen LogP contribution < -0.4 is 4.72 Å². The van der Waals surface area contributed by atoms with E-state index in [1.807, 2.05) is 0 Å². The summed E-state index contributed by atoms with van der Waals surface area (Å²) < 4.78 is 47.1. The van der Waals surface area contributed by atoms with Crippen LogP contribution in [0.3, 0.4) is 0 Å². The van der Waals surface area contributed by atoms with Gasteiger partial charge in [0.05, 0.1) is 6.61 Å². The summed E-state index contributed by atoms with van der Waals surface area (Å²) >= 11 is 1.19. The second kappa shape index (κ2) is 7.67. The number of hydrogen-bond donors (Lipinski definition) is 1. The Morgan fingerprint density at radius 1 is 1.29 bits per heavy atom. The monoisotopic (exact) mass is 423 g/mol. The Morgan fingerprint density at radius 2 is 2.07 bits per heavy atom. The number of sulfonamides is 1. The maximum Gasteiger partial charge on any atom is 0.250 e. The number of carbonyl (C=O) groups excluding carboxylic acids is 1. The number of nitrogens with one attached hydrogen (secondary N) is 1. The molecule has 2 aliphatic rings. The minimum absolute atomic E-state index is 0.126. The molecule has 1 aliphatic heterocycles. The van der Waals surface area contributed by atoms with E-state index >= 15 is 0 Å². The summed E-state index contributed by atoms with van der Waals surface area (Å²) in [6.07, 6.45) is 2.72. The van der Waals surface area contributed by atoms with E-state index in [9.17, 15) is 17.6 Å². The van der Waals surface area contributed by atoms with Crippen molar-refractivity contribution in [3.8, 4) is 0 Å². The molecule has 1 atom stereocenters. The van der Waals surface area contributed by atoms with Gasteiger partial charge in [-0.15, -0.1) is 11.3 Å². The normalized spacial score (nSPS) is 19.9.